The second-order valence-corrected chi connectivity index (χ2v) is 6.12. The second-order valence-electron chi connectivity index (χ2n) is 3.86. The van der Waals surface area contributed by atoms with Crippen LogP contribution in [0.25, 0.3) is 0 Å². The number of ether oxygens (including phenoxy) is 1. The van der Waals surface area contributed by atoms with E-state index in [9.17, 15) is 17.6 Å². The van der Waals surface area contributed by atoms with Crippen LogP contribution < -0.4 is 5.73 Å². The first-order valence-electron chi connectivity index (χ1n) is 5.19. The van der Waals surface area contributed by atoms with E-state index in [-0.39, 0.29) is 30.0 Å². The van der Waals surface area contributed by atoms with Crippen LogP contribution in [0.5, 0.6) is 0 Å². The Morgan fingerprint density at radius 3 is 2.67 bits per heavy atom. The molecule has 0 heterocycles. The molecule has 100 valence electrons. The monoisotopic (exact) mass is 275 g/mol. The molecular formula is C11H14FNO4S. The molecule has 0 aliphatic carbocycles. The van der Waals surface area contributed by atoms with Gasteiger partial charge in [-0.05, 0) is 24.6 Å². The Morgan fingerprint density at radius 2 is 2.11 bits per heavy atom. The lowest BCUT2D eigenvalue weighted by Crippen LogP contribution is -2.11. The van der Waals surface area contributed by atoms with Crippen molar-refractivity contribution in [2.45, 2.75) is 6.42 Å². The molecule has 18 heavy (non-hydrogen) atoms. The van der Waals surface area contributed by atoms with Gasteiger partial charge in [-0.1, -0.05) is 0 Å². The van der Waals surface area contributed by atoms with E-state index in [2.05, 4.69) is 0 Å². The van der Waals surface area contributed by atoms with Crippen molar-refractivity contribution in [1.82, 2.24) is 0 Å². The van der Waals surface area contributed by atoms with Gasteiger partial charge in [0.05, 0.1) is 23.6 Å². The number of benzene rings is 1. The molecule has 7 heteroatoms. The van der Waals surface area contributed by atoms with Gasteiger partial charge >= 0.3 is 5.97 Å². The smallest absolute Gasteiger partial charge is 0.338 e. The summed E-state index contributed by atoms with van der Waals surface area (Å²) in [6.07, 6.45) is 1.33. The van der Waals surface area contributed by atoms with E-state index in [0.29, 0.717) is 0 Å². The van der Waals surface area contributed by atoms with Gasteiger partial charge in [-0.2, -0.15) is 0 Å². The summed E-state index contributed by atoms with van der Waals surface area (Å²) in [5, 5.41) is 0. The van der Waals surface area contributed by atoms with E-state index < -0.39 is 21.6 Å². The standard InChI is InChI=1S/C11H14FNO4S/c1-18(15,16)6-2-5-17-11(14)8-3-4-9(12)10(13)7-8/h3-4,7H,2,5-6,13H2,1H3. The van der Waals surface area contributed by atoms with Crippen LogP contribution in [0.4, 0.5) is 10.1 Å². The van der Waals surface area contributed by atoms with E-state index in [0.717, 1.165) is 12.3 Å². The van der Waals surface area contributed by atoms with Crippen LogP contribution in [-0.4, -0.2) is 33.0 Å². The topological polar surface area (TPSA) is 86.5 Å². The fourth-order valence-electron chi connectivity index (χ4n) is 1.24. The molecule has 1 rings (SSSR count). The molecule has 0 aliphatic rings. The van der Waals surface area contributed by atoms with Crippen molar-refractivity contribution in [1.29, 1.82) is 0 Å². The van der Waals surface area contributed by atoms with Crippen LogP contribution in [0.15, 0.2) is 18.2 Å². The summed E-state index contributed by atoms with van der Waals surface area (Å²) in [7, 11) is -3.06. The zero-order valence-corrected chi connectivity index (χ0v) is 10.7. The first kappa shape index (κ1) is 14.4. The molecule has 0 aromatic heterocycles. The van der Waals surface area contributed by atoms with Crippen LogP contribution in [0.1, 0.15) is 16.8 Å². The number of anilines is 1. The van der Waals surface area contributed by atoms with Crippen molar-refractivity contribution in [2.24, 2.45) is 0 Å². The minimum absolute atomic E-state index is 0.0107. The highest BCUT2D eigenvalue weighted by molar-refractivity contribution is 7.90. The zero-order chi connectivity index (χ0) is 13.8. The lowest BCUT2D eigenvalue weighted by molar-refractivity contribution is 0.0505. The van der Waals surface area contributed by atoms with Crippen LogP contribution in [0.2, 0.25) is 0 Å². The Bertz CT molecular complexity index is 542. The van der Waals surface area contributed by atoms with Crippen molar-refractivity contribution >= 4 is 21.5 Å². The van der Waals surface area contributed by atoms with Crippen molar-refractivity contribution < 1.29 is 22.3 Å². The summed E-state index contributed by atoms with van der Waals surface area (Å²) in [5.74, 6) is -1.31. The Morgan fingerprint density at radius 1 is 1.44 bits per heavy atom. The first-order chi connectivity index (χ1) is 8.29. The molecule has 0 saturated carbocycles. The molecule has 0 fully saturated rings. The van der Waals surface area contributed by atoms with Crippen molar-refractivity contribution in [3.8, 4) is 0 Å². The molecule has 0 saturated heterocycles. The maximum absolute atomic E-state index is 12.9. The highest BCUT2D eigenvalue weighted by atomic mass is 32.2. The lowest BCUT2D eigenvalue weighted by Gasteiger charge is -2.05. The van der Waals surface area contributed by atoms with E-state index in [1.165, 1.54) is 12.1 Å². The zero-order valence-electron chi connectivity index (χ0n) is 9.85. The third kappa shape index (κ3) is 4.70. The van der Waals surface area contributed by atoms with Crippen LogP contribution in [-0.2, 0) is 14.6 Å². The van der Waals surface area contributed by atoms with Gasteiger partial charge in [0.25, 0.3) is 0 Å². The number of carbonyl (C=O) groups excluding carboxylic acids is 1. The summed E-state index contributed by atoms with van der Waals surface area (Å²) >= 11 is 0. The number of hydrogen-bond donors (Lipinski definition) is 1. The Labute approximate surface area is 105 Å². The Kier molecular flexibility index (Phi) is 4.66. The van der Waals surface area contributed by atoms with Crippen LogP contribution in [0.3, 0.4) is 0 Å². The maximum atomic E-state index is 12.9. The molecule has 1 aromatic carbocycles. The van der Waals surface area contributed by atoms with E-state index in [1.807, 2.05) is 0 Å². The quantitative estimate of drug-likeness (QED) is 0.492. The average Bonchev–Trinajstić information content (AvgIpc) is 2.26. The minimum Gasteiger partial charge on any atom is -0.462 e. The molecular weight excluding hydrogens is 261 g/mol. The minimum atomic E-state index is -3.06. The molecule has 0 bridgehead atoms. The number of carbonyl (C=O) groups is 1. The van der Waals surface area contributed by atoms with Gasteiger partial charge in [-0.25, -0.2) is 17.6 Å². The number of nitrogens with two attached hydrogens (primary N) is 1. The van der Waals surface area contributed by atoms with Crippen LogP contribution >= 0.6 is 0 Å². The molecule has 0 aliphatic heterocycles. The van der Waals surface area contributed by atoms with E-state index >= 15 is 0 Å². The normalized spacial score (nSPS) is 11.2. The van der Waals surface area contributed by atoms with Crippen LogP contribution in [0, 0.1) is 5.82 Å². The van der Waals surface area contributed by atoms with E-state index in [1.54, 1.807) is 0 Å². The number of rotatable bonds is 5. The van der Waals surface area contributed by atoms with Gasteiger partial charge in [0.1, 0.15) is 15.7 Å². The summed E-state index contributed by atoms with van der Waals surface area (Å²) in [5.41, 5.74) is 5.30. The largest absolute Gasteiger partial charge is 0.462 e. The van der Waals surface area contributed by atoms with E-state index in [4.69, 9.17) is 10.5 Å². The number of hydrogen-bond acceptors (Lipinski definition) is 5. The molecule has 0 amide bonds. The summed E-state index contributed by atoms with van der Waals surface area (Å²) in [6, 6.07) is 3.50. The summed E-state index contributed by atoms with van der Waals surface area (Å²) < 4.78 is 39.4. The molecule has 1 aromatic rings. The molecule has 0 atom stereocenters. The predicted molar refractivity (Wildman–Crippen MR) is 65.4 cm³/mol. The third-order valence-electron chi connectivity index (χ3n) is 2.12. The number of halogens is 1. The van der Waals surface area contributed by atoms with Crippen molar-refractivity contribution in [3.05, 3.63) is 29.6 Å². The Balaban J connectivity index is 2.48. The maximum Gasteiger partial charge on any atom is 0.338 e. The Hall–Kier alpha value is -1.63. The van der Waals surface area contributed by atoms with Crippen molar-refractivity contribution in [2.75, 3.05) is 24.3 Å². The fourth-order valence-corrected chi connectivity index (χ4v) is 1.88. The SMILES string of the molecule is CS(=O)(=O)CCCOC(=O)c1ccc(F)c(N)c1. The molecule has 0 spiro atoms. The van der Waals surface area contributed by atoms with Gasteiger partial charge in [0.2, 0.25) is 0 Å². The molecule has 0 radical (unpaired) electrons. The average molecular weight is 275 g/mol. The summed E-state index contributed by atoms with van der Waals surface area (Å²) in [4.78, 5) is 11.5. The van der Waals surface area contributed by atoms with Gasteiger partial charge in [0, 0.05) is 6.26 Å². The first-order valence-corrected chi connectivity index (χ1v) is 7.25. The second kappa shape index (κ2) is 5.81. The highest BCUT2D eigenvalue weighted by Crippen LogP contribution is 2.13. The fraction of sp³-hybridized carbons (Fsp3) is 0.364. The molecule has 0 unspecified atom stereocenters. The third-order valence-corrected chi connectivity index (χ3v) is 3.15. The van der Waals surface area contributed by atoms with Gasteiger partial charge in [-0.15, -0.1) is 0 Å². The number of sulfone groups is 1. The van der Waals surface area contributed by atoms with Gasteiger partial charge in [0.15, 0.2) is 0 Å². The van der Waals surface area contributed by atoms with Gasteiger partial charge in [-0.3, -0.25) is 0 Å². The molecule has 5 nitrogen and oxygen atoms in total. The molecule has 2 N–H and O–H groups in total. The van der Waals surface area contributed by atoms with Crippen molar-refractivity contribution in [3.63, 3.8) is 0 Å². The number of nitrogen functional groups attached to an aromatic ring is 1. The lowest BCUT2D eigenvalue weighted by atomic mass is 10.2. The highest BCUT2D eigenvalue weighted by Gasteiger charge is 2.10. The summed E-state index contributed by atoms with van der Waals surface area (Å²) in [6.45, 7) is -0.0107. The predicted octanol–water partition coefficient (Wildman–Crippen LogP) is 0.999. The van der Waals surface area contributed by atoms with Gasteiger partial charge < -0.3 is 10.5 Å². The number of esters is 1.